The van der Waals surface area contributed by atoms with Gasteiger partial charge in [-0.05, 0) is 0 Å². The van der Waals surface area contributed by atoms with Crippen LogP contribution in [0.4, 0.5) is 20.4 Å². The van der Waals surface area contributed by atoms with Crippen molar-refractivity contribution in [2.24, 2.45) is 5.84 Å². The summed E-state index contributed by atoms with van der Waals surface area (Å²) in [5, 5.41) is 10.9. The molecule has 0 unspecified atom stereocenters. The topological polar surface area (TPSA) is 100 Å². The Morgan fingerprint density at radius 1 is 1.50 bits per heavy atom. The summed E-state index contributed by atoms with van der Waals surface area (Å²) in [7, 11) is 0. The molecule has 0 radical (unpaired) electrons. The number of aromatic nitrogens is 3. The zero-order valence-corrected chi connectivity index (χ0v) is 9.27. The highest BCUT2D eigenvalue weighted by atomic mass is 19.3. The van der Waals surface area contributed by atoms with Crippen molar-refractivity contribution in [3.63, 3.8) is 0 Å². The van der Waals surface area contributed by atoms with E-state index in [1.165, 1.54) is 6.20 Å². The number of nitrogens with one attached hydrogen (secondary N) is 2. The van der Waals surface area contributed by atoms with Gasteiger partial charge < -0.3 is 20.2 Å². The van der Waals surface area contributed by atoms with E-state index in [1.54, 1.807) is 16.8 Å². The SMILES string of the molecule is NNc1cn2ccnc2c(NCC(F)(F)CO)n1. The number of hydrazine groups is 1. The van der Waals surface area contributed by atoms with Gasteiger partial charge >= 0.3 is 0 Å². The fraction of sp³-hybridized carbons (Fsp3) is 0.333. The summed E-state index contributed by atoms with van der Waals surface area (Å²) in [6.45, 7) is -1.98. The Kier molecular flexibility index (Phi) is 3.26. The van der Waals surface area contributed by atoms with Crippen molar-refractivity contribution in [3.05, 3.63) is 18.6 Å². The third-order valence-corrected chi connectivity index (χ3v) is 2.27. The molecule has 9 heteroatoms. The van der Waals surface area contributed by atoms with Crippen molar-refractivity contribution in [2.75, 3.05) is 23.9 Å². The Labute approximate surface area is 101 Å². The van der Waals surface area contributed by atoms with Gasteiger partial charge in [-0.15, -0.1) is 0 Å². The fourth-order valence-corrected chi connectivity index (χ4v) is 1.39. The second-order valence-electron chi connectivity index (χ2n) is 3.64. The van der Waals surface area contributed by atoms with E-state index in [0.717, 1.165) is 0 Å². The average molecular weight is 258 g/mol. The number of nitrogens with two attached hydrogens (primary N) is 1. The van der Waals surface area contributed by atoms with Gasteiger partial charge in [-0.2, -0.15) is 0 Å². The average Bonchev–Trinajstić information content (AvgIpc) is 2.84. The number of hydrogen-bond acceptors (Lipinski definition) is 6. The van der Waals surface area contributed by atoms with Gasteiger partial charge in [-0.25, -0.2) is 24.6 Å². The highest BCUT2D eigenvalue weighted by molar-refractivity contribution is 5.65. The zero-order valence-electron chi connectivity index (χ0n) is 9.27. The van der Waals surface area contributed by atoms with Gasteiger partial charge in [0.2, 0.25) is 0 Å². The predicted octanol–water partition coefficient (Wildman–Crippen LogP) is 0.0544. The van der Waals surface area contributed by atoms with Gasteiger partial charge in [0.15, 0.2) is 17.3 Å². The normalized spacial score (nSPS) is 11.8. The number of hydrogen-bond donors (Lipinski definition) is 4. The van der Waals surface area contributed by atoms with Crippen LogP contribution >= 0.6 is 0 Å². The van der Waals surface area contributed by atoms with Crippen LogP contribution in [0, 0.1) is 0 Å². The van der Waals surface area contributed by atoms with Crippen LogP contribution in [0.5, 0.6) is 0 Å². The van der Waals surface area contributed by atoms with E-state index in [1.807, 2.05) is 0 Å². The molecule has 0 fully saturated rings. The smallest absolute Gasteiger partial charge is 0.287 e. The molecule has 98 valence electrons. The molecule has 0 bridgehead atoms. The summed E-state index contributed by atoms with van der Waals surface area (Å²) in [4.78, 5) is 7.97. The molecule has 0 aliphatic heterocycles. The Hall–Kier alpha value is -2.00. The summed E-state index contributed by atoms with van der Waals surface area (Å²) in [6, 6.07) is 0. The summed E-state index contributed by atoms with van der Waals surface area (Å²) in [5.41, 5.74) is 2.72. The molecule has 0 saturated heterocycles. The number of nitrogens with zero attached hydrogens (tertiary/aromatic N) is 3. The maximum atomic E-state index is 12.9. The van der Waals surface area contributed by atoms with Crippen molar-refractivity contribution < 1.29 is 13.9 Å². The quantitative estimate of drug-likeness (QED) is 0.447. The molecule has 2 rings (SSSR count). The van der Waals surface area contributed by atoms with Crippen LogP contribution in [0.25, 0.3) is 5.65 Å². The van der Waals surface area contributed by atoms with E-state index >= 15 is 0 Å². The maximum Gasteiger partial charge on any atom is 0.287 e. The fourth-order valence-electron chi connectivity index (χ4n) is 1.39. The number of fused-ring (bicyclic) bond motifs is 1. The number of halogens is 2. The lowest BCUT2D eigenvalue weighted by atomic mass is 10.3. The van der Waals surface area contributed by atoms with Crippen molar-refractivity contribution in [2.45, 2.75) is 5.92 Å². The number of aliphatic hydroxyl groups excluding tert-OH is 1. The van der Waals surface area contributed by atoms with Crippen LogP contribution < -0.4 is 16.6 Å². The van der Waals surface area contributed by atoms with Gasteiger partial charge in [-0.1, -0.05) is 0 Å². The van der Waals surface area contributed by atoms with Crippen molar-refractivity contribution >= 4 is 17.3 Å². The molecular formula is C9H12F2N6O. The molecule has 0 aromatic carbocycles. The van der Waals surface area contributed by atoms with Crippen LogP contribution in [-0.2, 0) is 0 Å². The van der Waals surface area contributed by atoms with E-state index in [2.05, 4.69) is 20.7 Å². The minimum absolute atomic E-state index is 0.156. The number of alkyl halides is 2. The number of aliphatic hydroxyl groups is 1. The lowest BCUT2D eigenvalue weighted by Crippen LogP contribution is -2.31. The molecule has 5 N–H and O–H groups in total. The molecule has 7 nitrogen and oxygen atoms in total. The molecular weight excluding hydrogens is 246 g/mol. The Morgan fingerprint density at radius 2 is 2.28 bits per heavy atom. The second kappa shape index (κ2) is 4.70. The van der Waals surface area contributed by atoms with Gasteiger partial charge in [0.1, 0.15) is 6.61 Å². The van der Waals surface area contributed by atoms with Crippen LogP contribution in [0.1, 0.15) is 0 Å². The van der Waals surface area contributed by atoms with Crippen molar-refractivity contribution in [1.82, 2.24) is 14.4 Å². The summed E-state index contributed by atoms with van der Waals surface area (Å²) in [5.74, 6) is 2.46. The highest BCUT2D eigenvalue weighted by Gasteiger charge is 2.27. The standard InChI is InChI=1S/C9H12F2N6O/c10-9(11,5-18)4-14-7-8-13-1-2-17(8)3-6(15-7)16-12/h1-3,16,18H,4-5,12H2,(H,14,15). The van der Waals surface area contributed by atoms with Gasteiger partial charge in [-0.3, -0.25) is 0 Å². The third-order valence-electron chi connectivity index (χ3n) is 2.27. The van der Waals surface area contributed by atoms with Crippen LogP contribution in [-0.4, -0.2) is 38.5 Å². The second-order valence-corrected chi connectivity index (χ2v) is 3.64. The molecule has 0 spiro atoms. The third kappa shape index (κ3) is 2.46. The first-order valence-electron chi connectivity index (χ1n) is 5.08. The minimum Gasteiger partial charge on any atom is -0.390 e. The first-order chi connectivity index (χ1) is 8.55. The molecule has 18 heavy (non-hydrogen) atoms. The summed E-state index contributed by atoms with van der Waals surface area (Å²) >= 11 is 0. The molecule has 0 atom stereocenters. The largest absolute Gasteiger partial charge is 0.390 e. The number of anilines is 2. The molecule has 0 aliphatic carbocycles. The first-order valence-corrected chi connectivity index (χ1v) is 5.08. The van der Waals surface area contributed by atoms with Crippen LogP contribution in [0.3, 0.4) is 0 Å². The molecule has 0 amide bonds. The molecule has 2 aromatic rings. The number of rotatable bonds is 5. The minimum atomic E-state index is -3.22. The number of imidazole rings is 1. The van der Waals surface area contributed by atoms with Crippen molar-refractivity contribution in [1.29, 1.82) is 0 Å². The van der Waals surface area contributed by atoms with Crippen molar-refractivity contribution in [3.8, 4) is 0 Å². The Balaban J connectivity index is 2.28. The lowest BCUT2D eigenvalue weighted by molar-refractivity contribution is -0.0373. The lowest BCUT2D eigenvalue weighted by Gasteiger charge is -2.15. The maximum absolute atomic E-state index is 12.9. The van der Waals surface area contributed by atoms with Gasteiger partial charge in [0.05, 0.1) is 12.7 Å². The van der Waals surface area contributed by atoms with E-state index in [9.17, 15) is 8.78 Å². The Morgan fingerprint density at radius 3 is 2.94 bits per heavy atom. The summed E-state index contributed by atoms with van der Waals surface area (Å²) < 4.78 is 27.5. The van der Waals surface area contributed by atoms with E-state index < -0.39 is 19.1 Å². The molecule has 0 saturated carbocycles. The van der Waals surface area contributed by atoms with E-state index in [-0.39, 0.29) is 5.82 Å². The highest BCUT2D eigenvalue weighted by Crippen LogP contribution is 2.18. The molecule has 2 heterocycles. The predicted molar refractivity (Wildman–Crippen MR) is 61.3 cm³/mol. The van der Waals surface area contributed by atoms with Crippen LogP contribution in [0.15, 0.2) is 18.6 Å². The van der Waals surface area contributed by atoms with E-state index in [0.29, 0.717) is 11.5 Å². The van der Waals surface area contributed by atoms with Crippen LogP contribution in [0.2, 0.25) is 0 Å². The number of nitrogen functional groups attached to an aromatic ring is 1. The zero-order chi connectivity index (χ0) is 13.2. The van der Waals surface area contributed by atoms with Gasteiger partial charge in [0.25, 0.3) is 5.92 Å². The Bertz CT molecular complexity index is 543. The monoisotopic (exact) mass is 258 g/mol. The molecule has 0 aliphatic rings. The summed E-state index contributed by atoms with van der Waals surface area (Å²) in [6.07, 6.45) is 4.71. The van der Waals surface area contributed by atoms with Gasteiger partial charge in [0, 0.05) is 12.4 Å². The molecule has 2 aromatic heterocycles. The van der Waals surface area contributed by atoms with E-state index in [4.69, 9.17) is 10.9 Å². The first kappa shape index (κ1) is 12.5.